The van der Waals surface area contributed by atoms with Gasteiger partial charge in [0.05, 0.1) is 11.0 Å². The molecule has 2 atom stereocenters. The molecule has 2 fully saturated rings. The molecular weight excluding hydrogens is 270 g/mol. The summed E-state index contributed by atoms with van der Waals surface area (Å²) in [6.07, 6.45) is 4.96. The Morgan fingerprint density at radius 2 is 2.00 bits per heavy atom. The van der Waals surface area contributed by atoms with Gasteiger partial charge in [-0.3, -0.25) is 0 Å². The van der Waals surface area contributed by atoms with Crippen molar-refractivity contribution in [2.45, 2.75) is 63.8 Å². The van der Waals surface area contributed by atoms with Crippen molar-refractivity contribution in [3.63, 3.8) is 0 Å². The third-order valence-electron chi connectivity index (χ3n) is 7.02. The van der Waals surface area contributed by atoms with E-state index in [1.807, 2.05) is 0 Å². The molecule has 5 rings (SSSR count). The summed E-state index contributed by atoms with van der Waals surface area (Å²) < 4.78 is 0. The minimum absolute atomic E-state index is 0.259. The molecule has 0 radical (unpaired) electrons. The van der Waals surface area contributed by atoms with Gasteiger partial charge in [-0.25, -0.2) is 4.98 Å². The second-order valence-corrected chi connectivity index (χ2v) is 8.44. The van der Waals surface area contributed by atoms with Crippen LogP contribution < -0.4 is 5.32 Å². The lowest BCUT2D eigenvalue weighted by atomic mass is 9.51. The highest BCUT2D eigenvalue weighted by molar-refractivity contribution is 5.78. The van der Waals surface area contributed by atoms with Gasteiger partial charge in [0.25, 0.3) is 0 Å². The molecule has 0 unspecified atom stereocenters. The zero-order valence-corrected chi connectivity index (χ0v) is 13.8. The predicted octanol–water partition coefficient (Wildman–Crippen LogP) is 3.64. The Balaban J connectivity index is 1.73. The van der Waals surface area contributed by atoms with Crippen LogP contribution in [0.3, 0.4) is 0 Å². The van der Waals surface area contributed by atoms with Crippen molar-refractivity contribution < 1.29 is 0 Å². The lowest BCUT2D eigenvalue weighted by Gasteiger charge is -2.57. The van der Waals surface area contributed by atoms with Crippen molar-refractivity contribution >= 4 is 11.0 Å². The lowest BCUT2D eigenvalue weighted by molar-refractivity contribution is 0.0561. The molecule has 2 heterocycles. The highest BCUT2D eigenvalue weighted by atomic mass is 15.0. The van der Waals surface area contributed by atoms with Crippen LogP contribution in [0.2, 0.25) is 0 Å². The first-order chi connectivity index (χ1) is 10.5. The molecule has 22 heavy (non-hydrogen) atoms. The number of fused-ring (bicyclic) bond motifs is 5. The number of rotatable bonds is 1. The molecule has 3 nitrogen and oxygen atoms in total. The summed E-state index contributed by atoms with van der Waals surface area (Å²) >= 11 is 0. The largest absolute Gasteiger partial charge is 0.342 e. The molecule has 1 aromatic carbocycles. The van der Waals surface area contributed by atoms with E-state index in [1.165, 1.54) is 41.7 Å². The van der Waals surface area contributed by atoms with Crippen LogP contribution in [0, 0.1) is 5.41 Å². The average molecular weight is 295 g/mol. The summed E-state index contributed by atoms with van der Waals surface area (Å²) in [6.45, 7) is 8.50. The number of H-pyrrole nitrogens is 1. The third kappa shape index (κ3) is 1.53. The Hall–Kier alpha value is -1.35. The number of hydrogen-bond donors (Lipinski definition) is 2. The average Bonchev–Trinajstić information content (AvgIpc) is 3.22. The van der Waals surface area contributed by atoms with E-state index in [1.54, 1.807) is 5.56 Å². The molecule has 1 aliphatic heterocycles. The molecule has 2 aliphatic carbocycles. The second kappa shape index (κ2) is 3.94. The number of nitrogens with one attached hydrogen (secondary N) is 2. The fourth-order valence-corrected chi connectivity index (χ4v) is 4.84. The maximum atomic E-state index is 4.86. The van der Waals surface area contributed by atoms with Crippen LogP contribution >= 0.6 is 0 Å². The van der Waals surface area contributed by atoms with Gasteiger partial charge in [0.2, 0.25) is 0 Å². The predicted molar refractivity (Wildman–Crippen MR) is 89.3 cm³/mol. The van der Waals surface area contributed by atoms with Crippen molar-refractivity contribution in [2.24, 2.45) is 5.41 Å². The lowest BCUT2D eigenvalue weighted by Crippen LogP contribution is -2.62. The van der Waals surface area contributed by atoms with Crippen molar-refractivity contribution in [1.29, 1.82) is 0 Å². The second-order valence-electron chi connectivity index (χ2n) is 8.44. The fraction of sp³-hybridized carbons (Fsp3) is 0.632. The Morgan fingerprint density at radius 3 is 2.77 bits per heavy atom. The van der Waals surface area contributed by atoms with Crippen molar-refractivity contribution in [3.05, 3.63) is 29.1 Å². The van der Waals surface area contributed by atoms with Gasteiger partial charge < -0.3 is 10.3 Å². The first-order valence-electron chi connectivity index (χ1n) is 8.75. The van der Waals surface area contributed by atoms with Gasteiger partial charge >= 0.3 is 0 Å². The zero-order chi connectivity index (χ0) is 15.1. The maximum Gasteiger partial charge on any atom is 0.110 e. The minimum Gasteiger partial charge on any atom is -0.342 e. The van der Waals surface area contributed by atoms with Crippen LogP contribution in [0.5, 0.6) is 0 Å². The van der Waals surface area contributed by atoms with Crippen LogP contribution in [0.25, 0.3) is 11.0 Å². The standard InChI is InChI=1S/C19H25N3/c1-18(2)16-9-12-8-14-15(22-17(21-14)11-4-5-11)10-13(12)19(18,3)6-7-20-16/h8,10-11,16,20H,4-7,9H2,1-3H3,(H,21,22)/t16-,19+/m1/s1. The smallest absolute Gasteiger partial charge is 0.110 e. The van der Waals surface area contributed by atoms with Crippen LogP contribution in [0.15, 0.2) is 12.1 Å². The molecule has 0 amide bonds. The highest BCUT2D eigenvalue weighted by Crippen LogP contribution is 2.54. The summed E-state index contributed by atoms with van der Waals surface area (Å²) in [4.78, 5) is 8.46. The fourth-order valence-electron chi connectivity index (χ4n) is 4.84. The zero-order valence-electron chi connectivity index (χ0n) is 13.8. The summed E-state index contributed by atoms with van der Waals surface area (Å²) in [7, 11) is 0. The van der Waals surface area contributed by atoms with Crippen LogP contribution in [0.4, 0.5) is 0 Å². The Morgan fingerprint density at radius 1 is 1.18 bits per heavy atom. The molecule has 116 valence electrons. The molecule has 3 heteroatoms. The number of imidazole rings is 1. The molecule has 2 bridgehead atoms. The third-order valence-corrected chi connectivity index (χ3v) is 7.02. The Labute approximate surface area is 131 Å². The number of benzene rings is 1. The minimum atomic E-state index is 0.259. The molecule has 1 saturated heterocycles. The Kier molecular flexibility index (Phi) is 2.35. The quantitative estimate of drug-likeness (QED) is 0.843. The first kappa shape index (κ1) is 13.1. The van der Waals surface area contributed by atoms with E-state index in [9.17, 15) is 0 Å². The van der Waals surface area contributed by atoms with E-state index in [0.29, 0.717) is 17.4 Å². The SMILES string of the molecule is CC1(C)[C@H]2Cc3cc4nc(C5CC5)[nH]c4cc3[C@]1(C)CCN2. The van der Waals surface area contributed by atoms with Gasteiger partial charge in [0.15, 0.2) is 0 Å². The van der Waals surface area contributed by atoms with Gasteiger partial charge in [-0.1, -0.05) is 20.8 Å². The van der Waals surface area contributed by atoms with E-state index < -0.39 is 0 Å². The van der Waals surface area contributed by atoms with Crippen molar-refractivity contribution in [1.82, 2.24) is 15.3 Å². The summed E-state index contributed by atoms with van der Waals surface area (Å²) in [5, 5.41) is 3.76. The Bertz CT molecular complexity index is 768. The van der Waals surface area contributed by atoms with E-state index >= 15 is 0 Å². The van der Waals surface area contributed by atoms with Crippen LogP contribution in [-0.4, -0.2) is 22.6 Å². The van der Waals surface area contributed by atoms with E-state index in [2.05, 4.69) is 43.2 Å². The summed E-state index contributed by atoms with van der Waals surface area (Å²) in [6, 6.07) is 5.37. The number of aromatic nitrogens is 2. The molecule has 2 aromatic rings. The summed E-state index contributed by atoms with van der Waals surface area (Å²) in [5.41, 5.74) is 6.05. The van der Waals surface area contributed by atoms with Crippen LogP contribution in [-0.2, 0) is 11.8 Å². The topological polar surface area (TPSA) is 40.7 Å². The van der Waals surface area contributed by atoms with Gasteiger partial charge in [-0.05, 0) is 60.9 Å². The molecule has 2 N–H and O–H groups in total. The molecule has 0 spiro atoms. The van der Waals surface area contributed by atoms with Gasteiger partial charge in [0, 0.05) is 17.4 Å². The molecule has 3 aliphatic rings. The van der Waals surface area contributed by atoms with Gasteiger partial charge in [-0.2, -0.15) is 0 Å². The maximum absolute atomic E-state index is 4.86. The van der Waals surface area contributed by atoms with Crippen molar-refractivity contribution in [2.75, 3.05) is 6.54 Å². The number of aromatic amines is 1. The van der Waals surface area contributed by atoms with E-state index in [0.717, 1.165) is 13.0 Å². The number of hydrogen-bond acceptors (Lipinski definition) is 2. The van der Waals surface area contributed by atoms with Gasteiger partial charge in [0.1, 0.15) is 5.82 Å². The van der Waals surface area contributed by atoms with E-state index in [4.69, 9.17) is 4.98 Å². The normalized spacial score (nSPS) is 33.0. The monoisotopic (exact) mass is 295 g/mol. The molecular formula is C19H25N3. The molecule has 1 saturated carbocycles. The summed E-state index contributed by atoms with van der Waals surface area (Å²) in [5.74, 6) is 1.90. The van der Waals surface area contributed by atoms with Gasteiger partial charge in [-0.15, -0.1) is 0 Å². The highest BCUT2D eigenvalue weighted by Gasteiger charge is 2.53. The number of nitrogens with zero attached hydrogens (tertiary/aromatic N) is 1. The first-order valence-corrected chi connectivity index (χ1v) is 8.75. The molecule has 1 aromatic heterocycles. The van der Waals surface area contributed by atoms with E-state index in [-0.39, 0.29) is 5.41 Å². The van der Waals surface area contributed by atoms with Crippen LogP contribution in [0.1, 0.15) is 62.9 Å². The van der Waals surface area contributed by atoms with Crippen molar-refractivity contribution in [3.8, 4) is 0 Å². The number of piperidine rings is 1.